The van der Waals surface area contributed by atoms with Gasteiger partial charge in [-0.25, -0.2) is 9.18 Å². The lowest BCUT2D eigenvalue weighted by Gasteiger charge is -2.08. The predicted octanol–water partition coefficient (Wildman–Crippen LogP) is 5.17. The van der Waals surface area contributed by atoms with Gasteiger partial charge in [0.05, 0.1) is 5.56 Å². The van der Waals surface area contributed by atoms with Crippen molar-refractivity contribution in [1.29, 1.82) is 0 Å². The molecule has 0 atom stereocenters. The monoisotopic (exact) mass is 367 g/mol. The van der Waals surface area contributed by atoms with Crippen LogP contribution >= 0.6 is 0 Å². The molecule has 0 aliphatic rings. The minimum absolute atomic E-state index is 0.137. The molecular weight excluding hydrogens is 350 g/mol. The van der Waals surface area contributed by atoms with E-state index in [1.54, 1.807) is 0 Å². The molecule has 0 aromatic heterocycles. The molecule has 2 rings (SSSR count). The van der Waals surface area contributed by atoms with Crippen LogP contribution in [0.3, 0.4) is 0 Å². The van der Waals surface area contributed by atoms with Crippen LogP contribution in [0, 0.1) is 5.82 Å². The fraction of sp³-hybridized carbons (Fsp3) is 0.211. The fourth-order valence-electron chi connectivity index (χ4n) is 2.09. The lowest BCUT2D eigenvalue weighted by molar-refractivity contribution is -0.137. The van der Waals surface area contributed by atoms with Crippen molar-refractivity contribution in [1.82, 2.24) is 5.32 Å². The van der Waals surface area contributed by atoms with Crippen LogP contribution in [0.1, 0.15) is 23.1 Å². The summed E-state index contributed by atoms with van der Waals surface area (Å²) in [5, 5.41) is 2.50. The number of alkyl halides is 3. The Bertz CT molecular complexity index is 758. The lowest BCUT2D eigenvalue weighted by Crippen LogP contribution is -2.24. The van der Waals surface area contributed by atoms with Crippen molar-refractivity contribution in [2.24, 2.45) is 0 Å². The van der Waals surface area contributed by atoms with Gasteiger partial charge in [-0.15, -0.1) is 0 Å². The molecule has 0 unspecified atom stereocenters. The Balaban J connectivity index is 1.76. The van der Waals surface area contributed by atoms with Crippen molar-refractivity contribution in [2.75, 3.05) is 6.54 Å². The quantitative estimate of drug-likeness (QED) is 0.565. The molecule has 2 aromatic rings. The zero-order valence-electron chi connectivity index (χ0n) is 13.7. The van der Waals surface area contributed by atoms with Gasteiger partial charge in [0, 0.05) is 12.1 Å². The number of amides is 1. The average Bonchev–Trinajstić information content (AvgIpc) is 2.61. The van der Waals surface area contributed by atoms with E-state index < -0.39 is 23.7 Å². The highest BCUT2D eigenvalue weighted by Crippen LogP contribution is 2.30. The summed E-state index contributed by atoms with van der Waals surface area (Å²) in [7, 11) is 0. The maximum Gasteiger partial charge on any atom is 0.416 e. The normalized spacial score (nSPS) is 11.5. The molecule has 0 saturated carbocycles. The molecule has 0 saturated heterocycles. The SMILES string of the molecule is O=C(NCCC=Cc1cc(C(F)(F)F)ccc1F)OCc1ccccc1. The van der Waals surface area contributed by atoms with Gasteiger partial charge in [-0.2, -0.15) is 13.2 Å². The molecule has 0 bridgehead atoms. The summed E-state index contributed by atoms with van der Waals surface area (Å²) in [6, 6.07) is 11.4. The number of alkyl carbamates (subject to hydrolysis) is 1. The largest absolute Gasteiger partial charge is 0.445 e. The molecular formula is C19H17F4NO2. The van der Waals surface area contributed by atoms with Gasteiger partial charge < -0.3 is 10.1 Å². The number of halogens is 4. The van der Waals surface area contributed by atoms with E-state index in [-0.39, 0.29) is 18.7 Å². The van der Waals surface area contributed by atoms with E-state index in [2.05, 4.69) is 5.32 Å². The smallest absolute Gasteiger partial charge is 0.416 e. The second-order valence-electron chi connectivity index (χ2n) is 5.41. The summed E-state index contributed by atoms with van der Waals surface area (Å²) in [6.07, 6.45) is -2.08. The Kier molecular flexibility index (Phi) is 6.77. The first-order valence-corrected chi connectivity index (χ1v) is 7.84. The van der Waals surface area contributed by atoms with Crippen LogP contribution in [0.4, 0.5) is 22.4 Å². The molecule has 2 aromatic carbocycles. The van der Waals surface area contributed by atoms with Gasteiger partial charge in [-0.1, -0.05) is 42.5 Å². The molecule has 26 heavy (non-hydrogen) atoms. The Labute approximate surface area is 148 Å². The number of carbonyl (C=O) groups is 1. The molecule has 0 aliphatic carbocycles. The molecule has 0 radical (unpaired) electrons. The van der Waals surface area contributed by atoms with Crippen LogP contribution in [-0.4, -0.2) is 12.6 Å². The molecule has 1 amide bonds. The van der Waals surface area contributed by atoms with Crippen molar-refractivity contribution in [3.05, 3.63) is 77.1 Å². The molecule has 0 aliphatic heterocycles. The fourth-order valence-corrected chi connectivity index (χ4v) is 2.09. The summed E-state index contributed by atoms with van der Waals surface area (Å²) in [6.45, 7) is 0.350. The number of carbonyl (C=O) groups excluding carboxylic acids is 1. The zero-order chi connectivity index (χ0) is 19.0. The van der Waals surface area contributed by atoms with Gasteiger partial charge in [-0.05, 0) is 30.2 Å². The van der Waals surface area contributed by atoms with Crippen LogP contribution in [0.25, 0.3) is 6.08 Å². The number of hydrogen-bond acceptors (Lipinski definition) is 2. The van der Waals surface area contributed by atoms with Crippen LogP contribution in [0.2, 0.25) is 0 Å². The van der Waals surface area contributed by atoms with Gasteiger partial charge in [-0.3, -0.25) is 0 Å². The summed E-state index contributed by atoms with van der Waals surface area (Å²) >= 11 is 0. The minimum atomic E-state index is -4.53. The van der Waals surface area contributed by atoms with Crippen molar-refractivity contribution in [3.63, 3.8) is 0 Å². The van der Waals surface area contributed by atoms with E-state index in [0.717, 1.165) is 17.7 Å². The van der Waals surface area contributed by atoms with Crippen molar-refractivity contribution >= 4 is 12.2 Å². The number of hydrogen-bond donors (Lipinski definition) is 1. The van der Waals surface area contributed by atoms with Crippen molar-refractivity contribution in [2.45, 2.75) is 19.2 Å². The number of ether oxygens (including phenoxy) is 1. The summed E-state index contributed by atoms with van der Waals surface area (Å²) in [5.41, 5.74) is -0.227. The molecule has 0 heterocycles. The third-order valence-electron chi connectivity index (χ3n) is 3.41. The van der Waals surface area contributed by atoms with Crippen LogP contribution in [-0.2, 0) is 17.5 Å². The van der Waals surface area contributed by atoms with Crippen molar-refractivity contribution in [3.8, 4) is 0 Å². The molecule has 0 spiro atoms. The third-order valence-corrected chi connectivity index (χ3v) is 3.41. The van der Waals surface area contributed by atoms with Crippen LogP contribution in [0.5, 0.6) is 0 Å². The van der Waals surface area contributed by atoms with Gasteiger partial charge in [0.2, 0.25) is 0 Å². The third kappa shape index (κ3) is 6.23. The van der Waals surface area contributed by atoms with E-state index in [1.807, 2.05) is 30.3 Å². The Morgan fingerprint density at radius 1 is 1.12 bits per heavy atom. The molecule has 7 heteroatoms. The van der Waals surface area contributed by atoms with Gasteiger partial charge >= 0.3 is 12.3 Å². The van der Waals surface area contributed by atoms with E-state index in [1.165, 1.54) is 12.2 Å². The van der Waals surface area contributed by atoms with Gasteiger partial charge in [0.1, 0.15) is 12.4 Å². The Morgan fingerprint density at radius 2 is 1.85 bits per heavy atom. The lowest BCUT2D eigenvalue weighted by atomic mass is 10.1. The van der Waals surface area contributed by atoms with Crippen LogP contribution < -0.4 is 5.32 Å². The average molecular weight is 367 g/mol. The molecule has 138 valence electrons. The highest BCUT2D eigenvalue weighted by molar-refractivity contribution is 5.67. The maximum absolute atomic E-state index is 13.5. The standard InChI is InChI=1S/C19H17F4NO2/c20-17-10-9-16(19(21,22)23)12-15(17)8-4-5-11-24-18(25)26-13-14-6-2-1-3-7-14/h1-4,6-10,12H,5,11,13H2,(H,24,25). The first kappa shape index (κ1) is 19.5. The Morgan fingerprint density at radius 3 is 2.54 bits per heavy atom. The summed E-state index contributed by atoms with van der Waals surface area (Å²) < 4.78 is 56.4. The first-order valence-electron chi connectivity index (χ1n) is 7.84. The first-order chi connectivity index (χ1) is 12.4. The highest BCUT2D eigenvalue weighted by atomic mass is 19.4. The molecule has 3 nitrogen and oxygen atoms in total. The number of benzene rings is 2. The second kappa shape index (κ2) is 9.03. The maximum atomic E-state index is 13.5. The van der Waals surface area contributed by atoms with Gasteiger partial charge in [0.15, 0.2) is 0 Å². The highest BCUT2D eigenvalue weighted by Gasteiger charge is 2.30. The number of nitrogens with one attached hydrogen (secondary N) is 1. The van der Waals surface area contributed by atoms with Crippen LogP contribution in [0.15, 0.2) is 54.6 Å². The van der Waals surface area contributed by atoms with E-state index in [0.29, 0.717) is 12.5 Å². The van der Waals surface area contributed by atoms with E-state index >= 15 is 0 Å². The topological polar surface area (TPSA) is 38.3 Å². The predicted molar refractivity (Wildman–Crippen MR) is 89.7 cm³/mol. The zero-order valence-corrected chi connectivity index (χ0v) is 13.7. The molecule has 1 N–H and O–H groups in total. The van der Waals surface area contributed by atoms with E-state index in [9.17, 15) is 22.4 Å². The molecule has 0 fully saturated rings. The minimum Gasteiger partial charge on any atom is -0.445 e. The Hall–Kier alpha value is -2.83. The summed E-state index contributed by atoms with van der Waals surface area (Å²) in [5.74, 6) is -0.746. The summed E-state index contributed by atoms with van der Waals surface area (Å²) in [4.78, 5) is 11.5. The number of rotatable bonds is 6. The second-order valence-corrected chi connectivity index (χ2v) is 5.41. The van der Waals surface area contributed by atoms with Gasteiger partial charge in [0.25, 0.3) is 0 Å². The van der Waals surface area contributed by atoms with Crippen molar-refractivity contribution < 1.29 is 27.1 Å². The van der Waals surface area contributed by atoms with E-state index in [4.69, 9.17) is 4.74 Å².